The maximum absolute atomic E-state index is 13.2. The molecule has 36 heavy (non-hydrogen) atoms. The van der Waals surface area contributed by atoms with Crippen LogP contribution in [0, 0.1) is 0 Å². The molecule has 0 N–H and O–H groups in total. The van der Waals surface area contributed by atoms with Crippen molar-refractivity contribution in [3.05, 3.63) is 75.2 Å². The molecule has 0 spiro atoms. The molecule has 0 aliphatic carbocycles. The third-order valence-corrected chi connectivity index (χ3v) is 5.82. The van der Waals surface area contributed by atoms with Gasteiger partial charge in [-0.2, -0.15) is 13.2 Å². The number of Topliss-reactive ketones (excluding diaryl/α,β-unsaturated/α-hetero) is 1. The number of aromatic nitrogens is 3. The van der Waals surface area contributed by atoms with Crippen LogP contribution in [0.25, 0.3) is 11.4 Å². The van der Waals surface area contributed by atoms with Crippen LogP contribution >= 0.6 is 11.6 Å². The second-order valence-corrected chi connectivity index (χ2v) is 8.59. The average Bonchev–Trinajstić information content (AvgIpc) is 3.14. The van der Waals surface area contributed by atoms with Crippen molar-refractivity contribution in [1.82, 2.24) is 14.3 Å². The Balaban J connectivity index is 1.72. The molecule has 0 radical (unpaired) electrons. The van der Waals surface area contributed by atoms with Gasteiger partial charge in [-0.05, 0) is 55.2 Å². The summed E-state index contributed by atoms with van der Waals surface area (Å²) >= 11 is 5.95. The first kappa shape index (κ1) is 27.2. The summed E-state index contributed by atoms with van der Waals surface area (Å²) in [4.78, 5) is 37.0. The fourth-order valence-corrected chi connectivity index (χ4v) is 3.90. The number of hydrogen-bond donors (Lipinski definition) is 0. The molecule has 3 aromatic rings. The highest BCUT2D eigenvalue weighted by Crippen LogP contribution is 2.32. The summed E-state index contributed by atoms with van der Waals surface area (Å²) in [6.45, 7) is -0.140. The topological polar surface area (TPSA) is 83.2 Å². The summed E-state index contributed by atoms with van der Waals surface area (Å²) in [5.41, 5.74) is -0.521. The van der Waals surface area contributed by atoms with E-state index < -0.39 is 23.4 Å². The van der Waals surface area contributed by atoms with Gasteiger partial charge in [-0.15, -0.1) is 5.10 Å². The van der Waals surface area contributed by atoms with E-state index in [2.05, 4.69) is 9.84 Å². The van der Waals surface area contributed by atoms with Gasteiger partial charge in [0.1, 0.15) is 6.54 Å². The number of carbonyl (C=O) groups is 2. The van der Waals surface area contributed by atoms with E-state index in [1.54, 1.807) is 24.3 Å². The molecule has 0 saturated heterocycles. The Morgan fingerprint density at radius 2 is 1.72 bits per heavy atom. The molecule has 0 aliphatic rings. The summed E-state index contributed by atoms with van der Waals surface area (Å²) in [5, 5.41) is 4.82. The second kappa shape index (κ2) is 12.0. The summed E-state index contributed by atoms with van der Waals surface area (Å²) in [6.07, 6.45) is -3.77. The Morgan fingerprint density at radius 1 is 1.03 bits per heavy atom. The lowest BCUT2D eigenvalue weighted by molar-refractivity contribution is -0.141. The highest BCUT2D eigenvalue weighted by Gasteiger charge is 2.32. The Labute approximate surface area is 210 Å². The van der Waals surface area contributed by atoms with Crippen molar-refractivity contribution in [3.8, 4) is 11.4 Å². The maximum atomic E-state index is 13.2. The number of methoxy groups -OCH3 is 1. The number of aryl methyl sites for hydroxylation is 1. The largest absolute Gasteiger partial charge is 0.469 e. The molecule has 0 atom stereocenters. The quantitative estimate of drug-likeness (QED) is 0.333. The normalized spacial score (nSPS) is 11.5. The summed E-state index contributed by atoms with van der Waals surface area (Å²) in [6, 6.07) is 11.9. The third kappa shape index (κ3) is 7.07. The number of ether oxygens (including phenoxy) is 1. The van der Waals surface area contributed by atoms with Crippen LogP contribution in [-0.2, 0) is 40.0 Å². The van der Waals surface area contributed by atoms with Crippen LogP contribution in [0.2, 0.25) is 5.02 Å². The average molecular weight is 524 g/mol. The van der Waals surface area contributed by atoms with Crippen LogP contribution in [0.3, 0.4) is 0 Å². The highest BCUT2D eigenvalue weighted by molar-refractivity contribution is 6.30. The zero-order chi connectivity index (χ0) is 26.3. The fraction of sp³-hybridized carbons (Fsp3) is 0.360. The van der Waals surface area contributed by atoms with Crippen molar-refractivity contribution in [2.24, 2.45) is 0 Å². The summed E-state index contributed by atoms with van der Waals surface area (Å²) in [5.74, 6) is -0.428. The van der Waals surface area contributed by atoms with E-state index in [4.69, 9.17) is 11.6 Å². The minimum atomic E-state index is -4.47. The molecule has 3 rings (SSSR count). The van der Waals surface area contributed by atoms with E-state index >= 15 is 0 Å². The lowest BCUT2D eigenvalue weighted by Crippen LogP contribution is -2.28. The minimum absolute atomic E-state index is 0.00981. The first-order valence-corrected chi connectivity index (χ1v) is 11.6. The zero-order valence-electron chi connectivity index (χ0n) is 19.6. The number of halogens is 4. The van der Waals surface area contributed by atoms with E-state index in [-0.39, 0.29) is 50.1 Å². The van der Waals surface area contributed by atoms with Crippen LogP contribution < -0.4 is 5.69 Å². The summed E-state index contributed by atoms with van der Waals surface area (Å²) in [7, 11) is 1.28. The van der Waals surface area contributed by atoms with Gasteiger partial charge in [0.25, 0.3) is 0 Å². The number of nitrogens with zero attached hydrogens (tertiary/aromatic N) is 3. The number of rotatable bonds is 11. The van der Waals surface area contributed by atoms with E-state index in [0.29, 0.717) is 22.8 Å². The minimum Gasteiger partial charge on any atom is -0.469 e. The number of benzene rings is 2. The number of alkyl halides is 3. The second-order valence-electron chi connectivity index (χ2n) is 8.15. The zero-order valence-corrected chi connectivity index (χ0v) is 20.3. The van der Waals surface area contributed by atoms with Gasteiger partial charge in [0.05, 0.1) is 12.7 Å². The van der Waals surface area contributed by atoms with E-state index in [1.165, 1.54) is 29.9 Å². The molecule has 0 fully saturated rings. The molecular weight excluding hydrogens is 499 g/mol. The molecule has 7 nitrogen and oxygen atoms in total. The van der Waals surface area contributed by atoms with Gasteiger partial charge in [-0.25, -0.2) is 9.48 Å². The Bertz CT molecular complexity index is 1270. The number of hydrogen-bond acceptors (Lipinski definition) is 5. The fourth-order valence-electron chi connectivity index (χ4n) is 3.78. The monoisotopic (exact) mass is 523 g/mol. The highest BCUT2D eigenvalue weighted by atomic mass is 35.5. The maximum Gasteiger partial charge on any atom is 0.416 e. The molecule has 11 heteroatoms. The van der Waals surface area contributed by atoms with Crippen molar-refractivity contribution in [2.75, 3.05) is 7.11 Å². The van der Waals surface area contributed by atoms with Gasteiger partial charge in [-0.3, -0.25) is 14.2 Å². The molecule has 0 saturated carbocycles. The van der Waals surface area contributed by atoms with Gasteiger partial charge < -0.3 is 4.74 Å². The van der Waals surface area contributed by atoms with Crippen molar-refractivity contribution in [3.63, 3.8) is 0 Å². The first-order chi connectivity index (χ1) is 17.1. The number of ketones is 1. The molecule has 1 aromatic heterocycles. The molecule has 0 aliphatic heterocycles. The predicted octanol–water partition coefficient (Wildman–Crippen LogP) is 4.93. The van der Waals surface area contributed by atoms with Gasteiger partial charge in [0.2, 0.25) is 0 Å². The predicted molar refractivity (Wildman–Crippen MR) is 128 cm³/mol. The SMILES string of the molecule is COC(=O)CCCn1c(-c2ccc(Cl)cc2)nn(CC(=O)CCCc2ccccc2C(F)(F)F)c1=O. The van der Waals surface area contributed by atoms with E-state index in [1.807, 2.05) is 0 Å². The third-order valence-electron chi connectivity index (χ3n) is 5.57. The number of esters is 1. The lowest BCUT2D eigenvalue weighted by atomic mass is 10.0. The molecule has 192 valence electrons. The molecular formula is C25H25ClF3N3O4. The molecule has 0 bridgehead atoms. The van der Waals surface area contributed by atoms with Crippen LogP contribution in [0.5, 0.6) is 0 Å². The summed E-state index contributed by atoms with van der Waals surface area (Å²) < 4.78 is 46.6. The van der Waals surface area contributed by atoms with E-state index in [9.17, 15) is 27.6 Å². The molecule has 1 heterocycles. The van der Waals surface area contributed by atoms with Crippen molar-refractivity contribution in [1.29, 1.82) is 0 Å². The van der Waals surface area contributed by atoms with Gasteiger partial charge in [0.15, 0.2) is 11.6 Å². The standard InChI is InChI=1S/C25H25ClF3N3O4/c1-36-22(34)10-5-15-31-23(18-11-13-19(26)14-12-18)30-32(24(31)35)16-20(33)8-4-7-17-6-2-3-9-21(17)25(27,28)29/h2-3,6,9,11-14H,4-5,7-8,10,15-16H2,1H3. The van der Waals surface area contributed by atoms with Gasteiger partial charge in [0, 0.05) is 30.0 Å². The molecule has 0 amide bonds. The Morgan fingerprint density at radius 3 is 2.39 bits per heavy atom. The smallest absolute Gasteiger partial charge is 0.416 e. The first-order valence-electron chi connectivity index (χ1n) is 11.3. The molecule has 2 aromatic carbocycles. The van der Waals surface area contributed by atoms with Crippen molar-refractivity contribution >= 4 is 23.4 Å². The van der Waals surface area contributed by atoms with Gasteiger partial charge in [-0.1, -0.05) is 29.8 Å². The van der Waals surface area contributed by atoms with Crippen molar-refractivity contribution in [2.45, 2.75) is 51.4 Å². The van der Waals surface area contributed by atoms with Crippen LogP contribution in [0.1, 0.15) is 36.8 Å². The van der Waals surface area contributed by atoms with Crippen molar-refractivity contribution < 1.29 is 27.5 Å². The molecule has 0 unspecified atom stereocenters. The Kier molecular flexibility index (Phi) is 9.08. The van der Waals surface area contributed by atoms with Crippen LogP contribution in [0.15, 0.2) is 53.3 Å². The van der Waals surface area contributed by atoms with Gasteiger partial charge >= 0.3 is 17.8 Å². The Hall–Kier alpha value is -3.40. The lowest BCUT2D eigenvalue weighted by Gasteiger charge is -2.12. The van der Waals surface area contributed by atoms with Crippen LogP contribution in [-0.4, -0.2) is 33.2 Å². The van der Waals surface area contributed by atoms with Crippen LogP contribution in [0.4, 0.5) is 13.2 Å². The van der Waals surface area contributed by atoms with E-state index in [0.717, 1.165) is 10.7 Å². The number of carbonyl (C=O) groups excluding carboxylic acids is 2.